The largest absolute Gasteiger partial charge is 0.306 e. The van der Waals surface area contributed by atoms with E-state index in [1.54, 1.807) is 0 Å². The number of amides is 1. The number of allylic oxidation sites excluding steroid dienone is 5. The van der Waals surface area contributed by atoms with Crippen LogP contribution < -0.4 is 0 Å². The van der Waals surface area contributed by atoms with Gasteiger partial charge in [0.1, 0.15) is 5.65 Å². The van der Waals surface area contributed by atoms with Gasteiger partial charge in [-0.25, -0.2) is 4.98 Å². The van der Waals surface area contributed by atoms with Crippen molar-refractivity contribution in [1.82, 2.24) is 19.2 Å². The van der Waals surface area contributed by atoms with Crippen LogP contribution in [0.4, 0.5) is 0 Å². The number of hydrogen-bond acceptors (Lipinski definition) is 3. The second kappa shape index (κ2) is 8.40. The zero-order valence-corrected chi connectivity index (χ0v) is 19.1. The van der Waals surface area contributed by atoms with Crippen LogP contribution in [0.25, 0.3) is 11.2 Å². The van der Waals surface area contributed by atoms with E-state index in [1.807, 2.05) is 40.8 Å². The molecule has 0 N–H and O–H groups in total. The van der Waals surface area contributed by atoms with Crippen LogP contribution in [0.1, 0.15) is 37.9 Å². The van der Waals surface area contributed by atoms with Crippen molar-refractivity contribution in [3.63, 3.8) is 0 Å². The van der Waals surface area contributed by atoms with Crippen molar-refractivity contribution in [2.45, 2.75) is 33.6 Å². The number of likely N-dealkylation sites (N-methyl/N-ethyl adjacent to an activating group) is 1. The first-order valence-corrected chi connectivity index (χ1v) is 11.5. The number of hydrogen-bond donors (Lipinski definition) is 0. The number of imidazole rings is 1. The number of fused-ring (bicyclic) bond motifs is 2. The van der Waals surface area contributed by atoms with Gasteiger partial charge in [-0.2, -0.15) is 0 Å². The van der Waals surface area contributed by atoms with Gasteiger partial charge in [0.05, 0.1) is 5.69 Å². The Balaban J connectivity index is 1.47. The molecule has 5 heterocycles. The summed E-state index contributed by atoms with van der Waals surface area (Å²) < 4.78 is 2.04. The summed E-state index contributed by atoms with van der Waals surface area (Å²) in [5.74, 6) is 0.253. The summed E-state index contributed by atoms with van der Waals surface area (Å²) in [6, 6.07) is 4.10. The number of nitrogens with zero attached hydrogens (tertiary/aromatic N) is 4. The molecule has 3 aliphatic rings. The third kappa shape index (κ3) is 3.89. The van der Waals surface area contributed by atoms with E-state index in [4.69, 9.17) is 0 Å². The van der Waals surface area contributed by atoms with Gasteiger partial charge in [-0.15, -0.1) is 0 Å². The Morgan fingerprint density at radius 1 is 1.16 bits per heavy atom. The average molecular weight is 427 g/mol. The first kappa shape index (κ1) is 20.7. The lowest BCUT2D eigenvalue weighted by Gasteiger charge is -2.30. The van der Waals surface area contributed by atoms with Crippen molar-refractivity contribution in [3.8, 4) is 0 Å². The molecule has 0 aromatic carbocycles. The van der Waals surface area contributed by atoms with Crippen LogP contribution in [0.3, 0.4) is 0 Å². The average Bonchev–Trinajstić information content (AvgIpc) is 3.19. The van der Waals surface area contributed by atoms with Crippen molar-refractivity contribution in [2.24, 2.45) is 5.92 Å². The molecule has 0 saturated carbocycles. The molecule has 0 bridgehead atoms. The highest BCUT2D eigenvalue weighted by Crippen LogP contribution is 2.33. The van der Waals surface area contributed by atoms with Gasteiger partial charge in [0, 0.05) is 43.5 Å². The molecular formula is C27H30N4O. The van der Waals surface area contributed by atoms with Crippen LogP contribution in [0.2, 0.25) is 0 Å². The van der Waals surface area contributed by atoms with Gasteiger partial charge in [0.2, 0.25) is 0 Å². The van der Waals surface area contributed by atoms with Crippen LogP contribution in [-0.2, 0) is 4.79 Å². The summed E-state index contributed by atoms with van der Waals surface area (Å²) in [5.41, 5.74) is 7.49. The van der Waals surface area contributed by atoms with Crippen LogP contribution in [-0.4, -0.2) is 44.7 Å². The standard InChI is InChI=1S/C27H30N4O/c1-4-29-13-11-21(12-14-29)22-6-9-24-8-5-19(2)25(15-27(32)31(24)18-22)23-7-10-26-28-20(3)16-30(26)17-23/h6-11,15-19H,4-5,12-14H2,1-3H3. The summed E-state index contributed by atoms with van der Waals surface area (Å²) in [4.78, 5) is 22.2. The quantitative estimate of drug-likeness (QED) is 0.702. The van der Waals surface area contributed by atoms with E-state index in [-0.39, 0.29) is 11.8 Å². The summed E-state index contributed by atoms with van der Waals surface area (Å²) in [6.45, 7) is 9.51. The molecule has 1 atom stereocenters. The van der Waals surface area contributed by atoms with Crippen molar-refractivity contribution in [1.29, 1.82) is 0 Å². The number of carbonyl (C=O) groups is 1. The molecule has 5 heteroatoms. The molecule has 0 saturated heterocycles. The number of aromatic nitrogens is 2. The lowest BCUT2D eigenvalue weighted by molar-refractivity contribution is -0.122. The second-order valence-electron chi connectivity index (χ2n) is 8.93. The minimum Gasteiger partial charge on any atom is -0.306 e. The fourth-order valence-electron chi connectivity index (χ4n) is 4.75. The van der Waals surface area contributed by atoms with Gasteiger partial charge in [-0.05, 0) is 72.7 Å². The monoisotopic (exact) mass is 426 g/mol. The van der Waals surface area contributed by atoms with Crippen LogP contribution in [0.5, 0.6) is 0 Å². The number of carbonyl (C=O) groups excluding carboxylic acids is 1. The fraction of sp³-hybridized carbons (Fsp3) is 0.333. The maximum absolute atomic E-state index is 13.4. The summed E-state index contributed by atoms with van der Waals surface area (Å²) in [5, 5.41) is 0. The molecule has 1 amide bonds. The zero-order valence-electron chi connectivity index (χ0n) is 19.1. The van der Waals surface area contributed by atoms with Crippen molar-refractivity contribution < 1.29 is 4.79 Å². The number of pyridine rings is 1. The normalized spacial score (nSPS) is 22.0. The first-order valence-electron chi connectivity index (χ1n) is 11.5. The lowest BCUT2D eigenvalue weighted by Crippen LogP contribution is -2.30. The Labute approximate surface area is 189 Å². The first-order chi connectivity index (χ1) is 15.5. The Morgan fingerprint density at radius 3 is 2.81 bits per heavy atom. The third-order valence-corrected chi connectivity index (χ3v) is 6.72. The highest BCUT2D eigenvalue weighted by atomic mass is 16.2. The van der Waals surface area contributed by atoms with Crippen LogP contribution >= 0.6 is 0 Å². The number of rotatable bonds is 3. The van der Waals surface area contributed by atoms with E-state index >= 15 is 0 Å². The van der Waals surface area contributed by atoms with E-state index in [2.05, 4.69) is 60.3 Å². The molecular weight excluding hydrogens is 396 g/mol. The van der Waals surface area contributed by atoms with E-state index in [1.165, 1.54) is 5.57 Å². The molecule has 2 aromatic heterocycles. The molecule has 32 heavy (non-hydrogen) atoms. The topological polar surface area (TPSA) is 40.8 Å². The Bertz CT molecular complexity index is 1220. The molecule has 5 nitrogen and oxygen atoms in total. The smallest absolute Gasteiger partial charge is 0.255 e. The zero-order chi connectivity index (χ0) is 22.2. The fourth-order valence-corrected chi connectivity index (χ4v) is 4.75. The molecule has 3 aliphatic heterocycles. The van der Waals surface area contributed by atoms with Gasteiger partial charge in [0.25, 0.3) is 5.91 Å². The predicted molar refractivity (Wildman–Crippen MR) is 129 cm³/mol. The van der Waals surface area contributed by atoms with Gasteiger partial charge in [-0.3, -0.25) is 14.6 Å². The molecule has 164 valence electrons. The minimum atomic E-state index is 0.00755. The minimum absolute atomic E-state index is 0.00755. The maximum Gasteiger partial charge on any atom is 0.255 e. The third-order valence-electron chi connectivity index (χ3n) is 6.72. The van der Waals surface area contributed by atoms with E-state index in [0.717, 1.165) is 66.2 Å². The molecule has 0 fully saturated rings. The van der Waals surface area contributed by atoms with Crippen molar-refractivity contribution >= 4 is 17.1 Å². The summed E-state index contributed by atoms with van der Waals surface area (Å²) in [6.07, 6.45) is 18.6. The van der Waals surface area contributed by atoms with Crippen molar-refractivity contribution in [3.05, 3.63) is 89.2 Å². The highest BCUT2D eigenvalue weighted by Gasteiger charge is 2.24. The molecule has 0 radical (unpaired) electrons. The van der Waals surface area contributed by atoms with Crippen LogP contribution in [0, 0.1) is 12.8 Å². The molecule has 2 aromatic rings. The van der Waals surface area contributed by atoms with E-state index < -0.39 is 0 Å². The maximum atomic E-state index is 13.4. The molecule has 1 unspecified atom stereocenters. The Kier molecular flexibility index (Phi) is 5.43. The highest BCUT2D eigenvalue weighted by molar-refractivity contribution is 5.98. The van der Waals surface area contributed by atoms with E-state index in [9.17, 15) is 4.79 Å². The van der Waals surface area contributed by atoms with Gasteiger partial charge in [-0.1, -0.05) is 32.1 Å². The Hall–Kier alpha value is -3.18. The van der Waals surface area contributed by atoms with Crippen molar-refractivity contribution in [2.75, 3.05) is 19.6 Å². The summed E-state index contributed by atoms with van der Waals surface area (Å²) >= 11 is 0. The SMILES string of the molecule is CCN1CC=C(C2=CN3C(=O)C=C(c4ccc5nc(C)cn5c4)C(C)CC=C3C=C2)CC1. The second-order valence-corrected chi connectivity index (χ2v) is 8.93. The molecule has 0 aliphatic carbocycles. The van der Waals surface area contributed by atoms with Crippen LogP contribution in [0.15, 0.2) is 77.9 Å². The lowest BCUT2D eigenvalue weighted by atomic mass is 9.89. The predicted octanol–water partition coefficient (Wildman–Crippen LogP) is 4.88. The van der Waals surface area contributed by atoms with Gasteiger partial charge in [0.15, 0.2) is 0 Å². The number of aryl methyl sites for hydroxylation is 1. The molecule has 5 rings (SSSR count). The summed E-state index contributed by atoms with van der Waals surface area (Å²) in [7, 11) is 0. The van der Waals surface area contributed by atoms with Gasteiger partial charge >= 0.3 is 0 Å². The van der Waals surface area contributed by atoms with Gasteiger partial charge < -0.3 is 4.40 Å². The Morgan fingerprint density at radius 2 is 2.03 bits per heavy atom. The molecule has 0 spiro atoms. The van der Waals surface area contributed by atoms with E-state index in [0.29, 0.717) is 0 Å².